The molecule has 0 aliphatic carbocycles. The van der Waals surface area contributed by atoms with Crippen LogP contribution in [0.3, 0.4) is 0 Å². The monoisotopic (exact) mass is 366 g/mol. The standard InChI is InChI=1S/C15H22N6OS2/c1-10-9-24-14(16-10)17-12(22)8-21-6-4-11(5-7-21)13-18-19-15(23-3)20(13)2/h9,11H,4-8H2,1-3H3,(H,16,17,22). The Kier molecular flexibility index (Phi) is 5.52. The van der Waals surface area contributed by atoms with Crippen LogP contribution in [0.4, 0.5) is 5.13 Å². The number of carbonyl (C=O) groups excluding carboxylic acids is 1. The fourth-order valence-electron chi connectivity index (χ4n) is 2.98. The zero-order chi connectivity index (χ0) is 17.1. The average molecular weight is 367 g/mol. The summed E-state index contributed by atoms with van der Waals surface area (Å²) in [5.41, 5.74) is 0.935. The number of hydrogen-bond acceptors (Lipinski definition) is 7. The van der Waals surface area contributed by atoms with Crippen LogP contribution in [-0.2, 0) is 11.8 Å². The van der Waals surface area contributed by atoms with Crippen LogP contribution >= 0.6 is 23.1 Å². The summed E-state index contributed by atoms with van der Waals surface area (Å²) in [5, 5.41) is 15.0. The Morgan fingerprint density at radius 2 is 2.17 bits per heavy atom. The predicted molar refractivity (Wildman–Crippen MR) is 96.7 cm³/mol. The molecule has 24 heavy (non-hydrogen) atoms. The Morgan fingerprint density at radius 3 is 2.75 bits per heavy atom. The summed E-state index contributed by atoms with van der Waals surface area (Å²) in [5.74, 6) is 1.48. The van der Waals surface area contributed by atoms with E-state index in [-0.39, 0.29) is 5.91 Å². The molecule has 3 rings (SSSR count). The van der Waals surface area contributed by atoms with E-state index in [1.165, 1.54) is 11.3 Å². The zero-order valence-electron chi connectivity index (χ0n) is 14.2. The number of nitrogens with one attached hydrogen (secondary N) is 1. The maximum absolute atomic E-state index is 12.1. The number of amides is 1. The number of aromatic nitrogens is 4. The number of nitrogens with zero attached hydrogens (tertiary/aromatic N) is 5. The van der Waals surface area contributed by atoms with Crippen LogP contribution in [0.1, 0.15) is 30.3 Å². The van der Waals surface area contributed by atoms with Gasteiger partial charge in [0.2, 0.25) is 5.91 Å². The lowest BCUT2D eigenvalue weighted by Crippen LogP contribution is -2.39. The van der Waals surface area contributed by atoms with E-state index < -0.39 is 0 Å². The molecule has 3 heterocycles. The summed E-state index contributed by atoms with van der Waals surface area (Å²) in [7, 11) is 2.02. The SMILES string of the molecule is CSc1nnc(C2CCN(CC(=O)Nc3nc(C)cs3)CC2)n1C. The largest absolute Gasteiger partial charge is 0.309 e. The molecule has 0 radical (unpaired) electrons. The topological polar surface area (TPSA) is 75.9 Å². The van der Waals surface area contributed by atoms with Crippen molar-refractivity contribution in [2.24, 2.45) is 7.05 Å². The van der Waals surface area contributed by atoms with Gasteiger partial charge in [0.15, 0.2) is 10.3 Å². The van der Waals surface area contributed by atoms with Gasteiger partial charge in [-0.3, -0.25) is 9.69 Å². The predicted octanol–water partition coefficient (Wildman–Crippen LogP) is 2.12. The highest BCUT2D eigenvalue weighted by Crippen LogP contribution is 2.28. The second-order valence-corrected chi connectivity index (χ2v) is 7.63. The lowest BCUT2D eigenvalue weighted by molar-refractivity contribution is -0.117. The van der Waals surface area contributed by atoms with Crippen LogP contribution in [0.15, 0.2) is 10.5 Å². The highest BCUT2D eigenvalue weighted by molar-refractivity contribution is 7.98. The summed E-state index contributed by atoms with van der Waals surface area (Å²) in [6.45, 7) is 4.14. The molecule has 0 bridgehead atoms. The number of anilines is 1. The van der Waals surface area contributed by atoms with Gasteiger partial charge in [-0.25, -0.2) is 4.98 Å². The minimum absolute atomic E-state index is 0.00567. The second kappa shape index (κ2) is 7.62. The van der Waals surface area contributed by atoms with Gasteiger partial charge < -0.3 is 9.88 Å². The summed E-state index contributed by atoms with van der Waals surface area (Å²) < 4.78 is 2.09. The van der Waals surface area contributed by atoms with Crippen LogP contribution in [0.2, 0.25) is 0 Å². The van der Waals surface area contributed by atoms with E-state index in [2.05, 4.69) is 30.0 Å². The molecule has 1 fully saturated rings. The average Bonchev–Trinajstić information content (AvgIpc) is 3.13. The van der Waals surface area contributed by atoms with Crippen LogP contribution < -0.4 is 5.32 Å². The summed E-state index contributed by atoms with van der Waals surface area (Å²) >= 11 is 3.07. The first-order valence-corrected chi connectivity index (χ1v) is 10.0. The van der Waals surface area contributed by atoms with Crippen molar-refractivity contribution in [3.8, 4) is 0 Å². The smallest absolute Gasteiger partial charge is 0.240 e. The second-order valence-electron chi connectivity index (χ2n) is 6.00. The summed E-state index contributed by atoms with van der Waals surface area (Å²) in [6.07, 6.45) is 4.02. The van der Waals surface area contributed by atoms with Crippen LogP contribution in [0.5, 0.6) is 0 Å². The molecule has 0 atom stereocenters. The van der Waals surface area contributed by atoms with E-state index in [0.29, 0.717) is 17.6 Å². The van der Waals surface area contributed by atoms with Crippen molar-refractivity contribution < 1.29 is 4.79 Å². The van der Waals surface area contributed by atoms with Crippen LogP contribution in [-0.4, -0.2) is 56.4 Å². The fraction of sp³-hybridized carbons (Fsp3) is 0.600. The molecule has 0 unspecified atom stereocenters. The van der Waals surface area contributed by atoms with Crippen LogP contribution in [0.25, 0.3) is 0 Å². The third-order valence-corrected chi connectivity index (χ3v) is 5.83. The third kappa shape index (κ3) is 3.96. The Balaban J connectivity index is 1.49. The molecule has 1 saturated heterocycles. The lowest BCUT2D eigenvalue weighted by Gasteiger charge is -2.30. The van der Waals surface area contributed by atoms with Crippen molar-refractivity contribution in [3.05, 3.63) is 16.9 Å². The highest BCUT2D eigenvalue weighted by atomic mass is 32.2. The molecular weight excluding hydrogens is 344 g/mol. The molecule has 1 amide bonds. The molecule has 0 spiro atoms. The van der Waals surface area contributed by atoms with Gasteiger partial charge in [-0.15, -0.1) is 21.5 Å². The lowest BCUT2D eigenvalue weighted by atomic mass is 9.96. The molecule has 0 aromatic carbocycles. The van der Waals surface area contributed by atoms with Crippen molar-refractivity contribution in [1.29, 1.82) is 0 Å². The number of hydrogen-bond donors (Lipinski definition) is 1. The van der Waals surface area contributed by atoms with E-state index in [9.17, 15) is 4.79 Å². The maximum atomic E-state index is 12.1. The van der Waals surface area contributed by atoms with Crippen molar-refractivity contribution in [3.63, 3.8) is 0 Å². The molecular formula is C15H22N6OS2. The van der Waals surface area contributed by atoms with Gasteiger partial charge in [0.25, 0.3) is 0 Å². The Bertz CT molecular complexity index is 705. The van der Waals surface area contributed by atoms with Gasteiger partial charge in [-0.1, -0.05) is 11.8 Å². The maximum Gasteiger partial charge on any atom is 0.240 e. The number of thiazole rings is 1. The quantitative estimate of drug-likeness (QED) is 0.817. The van der Waals surface area contributed by atoms with Crippen molar-refractivity contribution in [2.45, 2.75) is 30.8 Å². The van der Waals surface area contributed by atoms with E-state index in [0.717, 1.165) is 42.6 Å². The first-order valence-electron chi connectivity index (χ1n) is 7.94. The van der Waals surface area contributed by atoms with Gasteiger partial charge in [-0.05, 0) is 39.1 Å². The van der Waals surface area contributed by atoms with Gasteiger partial charge in [0, 0.05) is 18.3 Å². The molecule has 130 valence electrons. The normalized spacial score (nSPS) is 16.5. The van der Waals surface area contributed by atoms with E-state index in [4.69, 9.17) is 0 Å². The van der Waals surface area contributed by atoms with Gasteiger partial charge in [-0.2, -0.15) is 0 Å². The fourth-order valence-corrected chi connectivity index (χ4v) is 4.18. The summed E-state index contributed by atoms with van der Waals surface area (Å²) in [6, 6.07) is 0. The number of carbonyl (C=O) groups is 1. The van der Waals surface area contributed by atoms with Gasteiger partial charge >= 0.3 is 0 Å². The molecule has 1 aliphatic rings. The number of rotatable bonds is 5. The highest BCUT2D eigenvalue weighted by Gasteiger charge is 2.26. The minimum atomic E-state index is 0.00567. The van der Waals surface area contributed by atoms with Crippen molar-refractivity contribution in [1.82, 2.24) is 24.6 Å². The molecule has 7 nitrogen and oxygen atoms in total. The first-order chi connectivity index (χ1) is 11.6. The first kappa shape index (κ1) is 17.4. The van der Waals surface area contributed by atoms with Gasteiger partial charge in [0.1, 0.15) is 5.82 Å². The molecule has 2 aromatic rings. The Morgan fingerprint density at radius 1 is 1.42 bits per heavy atom. The van der Waals surface area contributed by atoms with E-state index in [1.54, 1.807) is 11.8 Å². The number of thioether (sulfide) groups is 1. The van der Waals surface area contributed by atoms with Crippen molar-refractivity contribution in [2.75, 3.05) is 31.2 Å². The van der Waals surface area contributed by atoms with Gasteiger partial charge in [0.05, 0.1) is 12.2 Å². The Labute approximate surface area is 149 Å². The Hall–Kier alpha value is -1.45. The van der Waals surface area contributed by atoms with E-state index in [1.807, 2.05) is 25.6 Å². The van der Waals surface area contributed by atoms with E-state index >= 15 is 0 Å². The number of piperidine rings is 1. The third-order valence-electron chi connectivity index (χ3n) is 4.24. The minimum Gasteiger partial charge on any atom is -0.309 e. The molecule has 1 aliphatic heterocycles. The molecule has 0 saturated carbocycles. The number of likely N-dealkylation sites (tertiary alicyclic amines) is 1. The van der Waals surface area contributed by atoms with Crippen molar-refractivity contribution >= 4 is 34.1 Å². The molecule has 9 heteroatoms. The number of aryl methyl sites for hydroxylation is 1. The van der Waals surface area contributed by atoms with Crippen LogP contribution in [0, 0.1) is 6.92 Å². The molecule has 2 aromatic heterocycles. The zero-order valence-corrected chi connectivity index (χ0v) is 15.8. The summed E-state index contributed by atoms with van der Waals surface area (Å²) in [4.78, 5) is 18.6. The molecule has 1 N–H and O–H groups in total.